The molecule has 0 amide bonds. The molecule has 1 aromatic rings. The highest BCUT2D eigenvalue weighted by Crippen LogP contribution is 2.16. The van der Waals surface area contributed by atoms with Crippen molar-refractivity contribution in [2.45, 2.75) is 38.8 Å². The maximum absolute atomic E-state index is 8.71. The van der Waals surface area contributed by atoms with Gasteiger partial charge in [0.25, 0.3) is 0 Å². The van der Waals surface area contributed by atoms with Crippen LogP contribution >= 0.6 is 0 Å². The van der Waals surface area contributed by atoms with Crippen LogP contribution in [0.2, 0.25) is 0 Å². The molecular weight excluding hydrogens is 268 g/mol. The zero-order valence-corrected chi connectivity index (χ0v) is 12.5. The third-order valence-corrected chi connectivity index (χ3v) is 3.62. The lowest BCUT2D eigenvalue weighted by molar-refractivity contribution is -0.00223. The Morgan fingerprint density at radius 2 is 2.48 bits per heavy atom. The number of nitrogens with two attached hydrogens (primary N) is 1. The Bertz CT molecular complexity index is 478. The SMILES string of the molecule is CCCOC1CCCN(Cc2ccnc(C(N)=NO)c2)C1. The Morgan fingerprint density at radius 3 is 3.24 bits per heavy atom. The van der Waals surface area contributed by atoms with Gasteiger partial charge in [0.2, 0.25) is 0 Å². The summed E-state index contributed by atoms with van der Waals surface area (Å²) in [4.78, 5) is 6.48. The number of ether oxygens (including phenoxy) is 1. The number of amidine groups is 1. The predicted molar refractivity (Wildman–Crippen MR) is 81.3 cm³/mol. The van der Waals surface area contributed by atoms with Crippen LogP contribution in [0.4, 0.5) is 0 Å². The first-order valence-electron chi connectivity index (χ1n) is 7.49. The number of likely N-dealkylation sites (tertiary alicyclic amines) is 1. The maximum Gasteiger partial charge on any atom is 0.188 e. The number of aromatic nitrogens is 1. The van der Waals surface area contributed by atoms with E-state index in [0.717, 1.165) is 51.1 Å². The van der Waals surface area contributed by atoms with E-state index in [0.29, 0.717) is 11.8 Å². The zero-order chi connectivity index (χ0) is 15.1. The minimum atomic E-state index is 0.0413. The van der Waals surface area contributed by atoms with Gasteiger partial charge in [-0.2, -0.15) is 0 Å². The van der Waals surface area contributed by atoms with Crippen molar-refractivity contribution in [3.05, 3.63) is 29.6 Å². The second-order valence-electron chi connectivity index (χ2n) is 5.40. The highest BCUT2D eigenvalue weighted by Gasteiger charge is 2.20. The molecular formula is C15H24N4O2. The first-order valence-corrected chi connectivity index (χ1v) is 7.49. The van der Waals surface area contributed by atoms with Gasteiger partial charge in [-0.3, -0.25) is 9.88 Å². The number of pyridine rings is 1. The molecule has 0 spiro atoms. The molecule has 1 saturated heterocycles. The van der Waals surface area contributed by atoms with E-state index in [1.54, 1.807) is 6.20 Å². The number of piperidine rings is 1. The highest BCUT2D eigenvalue weighted by atomic mass is 16.5. The summed E-state index contributed by atoms with van der Waals surface area (Å²) in [5.74, 6) is 0.0413. The van der Waals surface area contributed by atoms with Gasteiger partial charge in [0.1, 0.15) is 5.69 Å². The molecule has 0 aliphatic carbocycles. The zero-order valence-electron chi connectivity index (χ0n) is 12.5. The van der Waals surface area contributed by atoms with Crippen LogP contribution in [-0.4, -0.2) is 46.7 Å². The van der Waals surface area contributed by atoms with Crippen LogP contribution < -0.4 is 5.73 Å². The first-order chi connectivity index (χ1) is 10.2. The monoisotopic (exact) mass is 292 g/mol. The Morgan fingerprint density at radius 1 is 1.62 bits per heavy atom. The number of nitrogens with zero attached hydrogens (tertiary/aromatic N) is 3. The van der Waals surface area contributed by atoms with Gasteiger partial charge in [0.15, 0.2) is 5.84 Å². The molecule has 1 fully saturated rings. The third kappa shape index (κ3) is 4.68. The van der Waals surface area contributed by atoms with E-state index in [4.69, 9.17) is 15.7 Å². The lowest BCUT2D eigenvalue weighted by Gasteiger charge is -2.32. The lowest BCUT2D eigenvalue weighted by atomic mass is 10.1. The van der Waals surface area contributed by atoms with Crippen LogP contribution in [0.5, 0.6) is 0 Å². The summed E-state index contributed by atoms with van der Waals surface area (Å²) in [5, 5.41) is 11.7. The second kappa shape index (κ2) is 7.95. The molecule has 3 N–H and O–H groups in total. The van der Waals surface area contributed by atoms with Gasteiger partial charge < -0.3 is 15.7 Å². The standard InChI is InChI=1S/C15H24N4O2/c1-2-8-21-13-4-3-7-19(11-13)10-12-5-6-17-14(9-12)15(16)18-20/h5-6,9,13,20H,2-4,7-8,10-11H2,1H3,(H2,16,18). The van der Waals surface area contributed by atoms with Gasteiger partial charge in [0, 0.05) is 25.9 Å². The molecule has 1 unspecified atom stereocenters. The second-order valence-corrected chi connectivity index (χ2v) is 5.40. The smallest absolute Gasteiger partial charge is 0.188 e. The van der Waals surface area contributed by atoms with Gasteiger partial charge in [-0.15, -0.1) is 0 Å². The van der Waals surface area contributed by atoms with Crippen molar-refractivity contribution in [1.29, 1.82) is 0 Å². The van der Waals surface area contributed by atoms with Gasteiger partial charge >= 0.3 is 0 Å². The predicted octanol–water partition coefficient (Wildman–Crippen LogP) is 1.57. The molecule has 1 aliphatic rings. The number of hydrogen-bond acceptors (Lipinski definition) is 5. The molecule has 0 radical (unpaired) electrons. The summed E-state index contributed by atoms with van der Waals surface area (Å²) < 4.78 is 5.85. The van der Waals surface area contributed by atoms with Gasteiger partial charge in [-0.05, 0) is 43.5 Å². The Labute approximate surface area is 125 Å². The summed E-state index contributed by atoms with van der Waals surface area (Å²) in [5.41, 5.74) is 7.20. The Balaban J connectivity index is 1.94. The summed E-state index contributed by atoms with van der Waals surface area (Å²) in [7, 11) is 0. The van der Waals surface area contributed by atoms with Gasteiger partial charge in [-0.1, -0.05) is 12.1 Å². The van der Waals surface area contributed by atoms with Crippen molar-refractivity contribution < 1.29 is 9.94 Å². The van der Waals surface area contributed by atoms with Gasteiger partial charge in [-0.25, -0.2) is 0 Å². The van der Waals surface area contributed by atoms with Crippen molar-refractivity contribution in [1.82, 2.24) is 9.88 Å². The van der Waals surface area contributed by atoms with Crippen molar-refractivity contribution >= 4 is 5.84 Å². The third-order valence-electron chi connectivity index (χ3n) is 3.62. The summed E-state index contributed by atoms with van der Waals surface area (Å²) in [6, 6.07) is 3.83. The van der Waals surface area contributed by atoms with E-state index in [1.807, 2.05) is 12.1 Å². The van der Waals surface area contributed by atoms with Crippen molar-refractivity contribution in [2.75, 3.05) is 19.7 Å². The van der Waals surface area contributed by atoms with Crippen LogP contribution in [0.3, 0.4) is 0 Å². The highest BCUT2D eigenvalue weighted by molar-refractivity contribution is 5.95. The molecule has 2 heterocycles. The van der Waals surface area contributed by atoms with E-state index < -0.39 is 0 Å². The van der Waals surface area contributed by atoms with E-state index in [-0.39, 0.29) is 5.84 Å². The molecule has 0 bridgehead atoms. The molecule has 6 heteroatoms. The van der Waals surface area contributed by atoms with Crippen LogP contribution in [0.15, 0.2) is 23.5 Å². The largest absolute Gasteiger partial charge is 0.409 e. The Hall–Kier alpha value is -1.66. The molecule has 1 atom stereocenters. The molecule has 0 saturated carbocycles. The molecule has 2 rings (SSSR count). The van der Waals surface area contributed by atoms with Crippen LogP contribution in [0.1, 0.15) is 37.4 Å². The maximum atomic E-state index is 8.71. The first kappa shape index (κ1) is 15.7. The summed E-state index contributed by atoms with van der Waals surface area (Å²) in [6.07, 6.45) is 5.39. The normalized spacial score (nSPS) is 20.6. The molecule has 0 aromatic carbocycles. The number of oxime groups is 1. The average Bonchev–Trinajstić information content (AvgIpc) is 2.53. The molecule has 6 nitrogen and oxygen atoms in total. The van der Waals surface area contributed by atoms with E-state index in [2.05, 4.69) is 22.0 Å². The van der Waals surface area contributed by atoms with Crippen LogP contribution in [0, 0.1) is 0 Å². The fourth-order valence-corrected chi connectivity index (χ4v) is 2.60. The minimum absolute atomic E-state index is 0.0413. The van der Waals surface area contributed by atoms with E-state index in [9.17, 15) is 0 Å². The van der Waals surface area contributed by atoms with Crippen LogP contribution in [-0.2, 0) is 11.3 Å². The summed E-state index contributed by atoms with van der Waals surface area (Å²) in [6.45, 7) is 5.84. The van der Waals surface area contributed by atoms with E-state index >= 15 is 0 Å². The molecule has 21 heavy (non-hydrogen) atoms. The van der Waals surface area contributed by atoms with Crippen molar-refractivity contribution in [2.24, 2.45) is 10.9 Å². The van der Waals surface area contributed by atoms with Crippen LogP contribution in [0.25, 0.3) is 0 Å². The fourth-order valence-electron chi connectivity index (χ4n) is 2.60. The lowest BCUT2D eigenvalue weighted by Crippen LogP contribution is -2.39. The summed E-state index contributed by atoms with van der Waals surface area (Å²) >= 11 is 0. The number of hydrogen-bond donors (Lipinski definition) is 2. The van der Waals surface area contributed by atoms with Crippen molar-refractivity contribution in [3.63, 3.8) is 0 Å². The molecule has 116 valence electrons. The van der Waals surface area contributed by atoms with Gasteiger partial charge in [0.05, 0.1) is 6.10 Å². The minimum Gasteiger partial charge on any atom is -0.409 e. The fraction of sp³-hybridized carbons (Fsp3) is 0.600. The molecule has 1 aliphatic heterocycles. The van der Waals surface area contributed by atoms with E-state index in [1.165, 1.54) is 0 Å². The topological polar surface area (TPSA) is 84.0 Å². The Kier molecular flexibility index (Phi) is 5.95. The van der Waals surface area contributed by atoms with Crippen molar-refractivity contribution in [3.8, 4) is 0 Å². The number of rotatable bonds is 6. The molecule has 1 aromatic heterocycles. The quantitative estimate of drug-likeness (QED) is 0.360. The average molecular weight is 292 g/mol.